The SMILES string of the molecule is FC(F)Oc1cccc2nc(Cl)sc12. The minimum Gasteiger partial charge on any atom is -0.433 e. The van der Waals surface area contributed by atoms with Crippen molar-refractivity contribution in [3.8, 4) is 5.75 Å². The van der Waals surface area contributed by atoms with Crippen LogP contribution in [0.3, 0.4) is 0 Å². The molecule has 0 aliphatic carbocycles. The van der Waals surface area contributed by atoms with Crippen LogP contribution < -0.4 is 4.74 Å². The number of benzene rings is 1. The van der Waals surface area contributed by atoms with Crippen molar-refractivity contribution in [3.63, 3.8) is 0 Å². The summed E-state index contributed by atoms with van der Waals surface area (Å²) in [4.78, 5) is 3.94. The molecular weight excluding hydrogens is 232 g/mol. The van der Waals surface area contributed by atoms with Crippen LogP contribution in [0.15, 0.2) is 18.2 Å². The molecular formula is C8H4ClF2NOS. The predicted molar refractivity (Wildman–Crippen MR) is 51.3 cm³/mol. The number of fused-ring (bicyclic) bond motifs is 1. The van der Waals surface area contributed by atoms with Crippen LogP contribution in [-0.4, -0.2) is 11.6 Å². The molecule has 1 aromatic heterocycles. The Bertz CT molecular complexity index is 460. The van der Waals surface area contributed by atoms with Crippen molar-refractivity contribution in [2.45, 2.75) is 6.61 Å². The van der Waals surface area contributed by atoms with Gasteiger partial charge in [0, 0.05) is 0 Å². The van der Waals surface area contributed by atoms with E-state index in [1.807, 2.05) is 0 Å². The fourth-order valence-corrected chi connectivity index (χ4v) is 2.16. The van der Waals surface area contributed by atoms with Crippen LogP contribution in [0.1, 0.15) is 0 Å². The molecule has 0 aliphatic heterocycles. The third-order valence-corrected chi connectivity index (χ3v) is 2.76. The summed E-state index contributed by atoms with van der Waals surface area (Å²) < 4.78 is 29.1. The Morgan fingerprint density at radius 1 is 1.43 bits per heavy atom. The van der Waals surface area contributed by atoms with E-state index in [1.165, 1.54) is 6.07 Å². The normalized spacial score (nSPS) is 11.1. The number of thiazole rings is 1. The highest BCUT2D eigenvalue weighted by Crippen LogP contribution is 2.33. The third-order valence-electron chi connectivity index (χ3n) is 1.57. The molecule has 2 nitrogen and oxygen atoms in total. The highest BCUT2D eigenvalue weighted by molar-refractivity contribution is 7.22. The molecule has 0 saturated heterocycles. The van der Waals surface area contributed by atoms with Crippen molar-refractivity contribution < 1.29 is 13.5 Å². The number of rotatable bonds is 2. The standard InChI is InChI=1S/C8H4ClF2NOS/c9-7-12-4-2-1-3-5(6(4)14-7)13-8(10)11/h1-3,8H. The molecule has 2 rings (SSSR count). The number of ether oxygens (including phenoxy) is 1. The van der Waals surface area contributed by atoms with E-state index in [9.17, 15) is 8.78 Å². The molecule has 0 radical (unpaired) electrons. The van der Waals surface area contributed by atoms with Crippen LogP contribution >= 0.6 is 22.9 Å². The van der Waals surface area contributed by atoms with Crippen molar-refractivity contribution in [1.82, 2.24) is 4.98 Å². The first-order chi connectivity index (χ1) is 6.66. The van der Waals surface area contributed by atoms with E-state index in [0.717, 1.165) is 11.3 Å². The molecule has 0 unspecified atom stereocenters. The highest BCUT2D eigenvalue weighted by Gasteiger charge is 2.11. The first-order valence-corrected chi connectivity index (χ1v) is 4.86. The molecule has 0 aliphatic rings. The third kappa shape index (κ3) is 1.78. The predicted octanol–water partition coefficient (Wildman–Crippen LogP) is 3.55. The zero-order valence-electron chi connectivity index (χ0n) is 6.71. The van der Waals surface area contributed by atoms with Gasteiger partial charge < -0.3 is 4.74 Å². The summed E-state index contributed by atoms with van der Waals surface area (Å²) in [7, 11) is 0. The zero-order chi connectivity index (χ0) is 10.1. The maximum atomic E-state index is 12.0. The Labute approximate surface area is 87.1 Å². The smallest absolute Gasteiger partial charge is 0.387 e. The molecule has 0 N–H and O–H groups in total. The average molecular weight is 236 g/mol. The lowest BCUT2D eigenvalue weighted by atomic mass is 10.3. The Hall–Kier alpha value is -0.940. The first-order valence-electron chi connectivity index (χ1n) is 3.66. The lowest BCUT2D eigenvalue weighted by Gasteiger charge is -2.03. The summed E-state index contributed by atoms with van der Waals surface area (Å²) in [6, 6.07) is 4.75. The lowest BCUT2D eigenvalue weighted by Crippen LogP contribution is -2.01. The fraction of sp³-hybridized carbons (Fsp3) is 0.125. The van der Waals surface area contributed by atoms with Crippen LogP contribution in [0.2, 0.25) is 4.47 Å². The van der Waals surface area contributed by atoms with Gasteiger partial charge in [0.15, 0.2) is 4.47 Å². The molecule has 14 heavy (non-hydrogen) atoms. The molecule has 2 aromatic rings. The van der Waals surface area contributed by atoms with Crippen molar-refractivity contribution in [2.75, 3.05) is 0 Å². The second-order valence-electron chi connectivity index (χ2n) is 2.45. The minimum atomic E-state index is -2.83. The average Bonchev–Trinajstić information content (AvgIpc) is 2.45. The summed E-state index contributed by atoms with van der Waals surface area (Å²) >= 11 is 6.77. The number of hydrogen-bond donors (Lipinski definition) is 0. The number of halogens is 3. The summed E-state index contributed by atoms with van der Waals surface area (Å²) in [6.45, 7) is -2.83. The zero-order valence-corrected chi connectivity index (χ0v) is 8.28. The monoisotopic (exact) mass is 235 g/mol. The summed E-state index contributed by atoms with van der Waals surface area (Å²) in [6.07, 6.45) is 0. The molecule has 1 aromatic carbocycles. The summed E-state index contributed by atoms with van der Waals surface area (Å²) in [5.74, 6) is 0.113. The van der Waals surface area contributed by atoms with Gasteiger partial charge in [0.25, 0.3) is 0 Å². The van der Waals surface area contributed by atoms with Crippen molar-refractivity contribution in [2.24, 2.45) is 0 Å². The minimum absolute atomic E-state index is 0.113. The van der Waals surface area contributed by atoms with Crippen LogP contribution in [0, 0.1) is 0 Å². The van der Waals surface area contributed by atoms with E-state index in [2.05, 4.69) is 9.72 Å². The van der Waals surface area contributed by atoms with E-state index in [1.54, 1.807) is 12.1 Å². The van der Waals surface area contributed by atoms with Gasteiger partial charge in [0.1, 0.15) is 5.75 Å². The second kappa shape index (κ2) is 3.67. The van der Waals surface area contributed by atoms with Gasteiger partial charge in [-0.05, 0) is 12.1 Å². The van der Waals surface area contributed by atoms with Gasteiger partial charge in [0.05, 0.1) is 10.2 Å². The van der Waals surface area contributed by atoms with Gasteiger partial charge in [-0.15, -0.1) is 0 Å². The maximum Gasteiger partial charge on any atom is 0.387 e. The Morgan fingerprint density at radius 3 is 2.93 bits per heavy atom. The van der Waals surface area contributed by atoms with Crippen LogP contribution in [-0.2, 0) is 0 Å². The van der Waals surface area contributed by atoms with E-state index < -0.39 is 6.61 Å². The molecule has 0 atom stereocenters. The second-order valence-corrected chi connectivity index (χ2v) is 4.03. The topological polar surface area (TPSA) is 22.1 Å². The molecule has 6 heteroatoms. The summed E-state index contributed by atoms with van der Waals surface area (Å²) in [5, 5.41) is 0. The molecule has 0 spiro atoms. The first kappa shape index (κ1) is 9.61. The van der Waals surface area contributed by atoms with E-state index in [-0.39, 0.29) is 5.75 Å². The fourth-order valence-electron chi connectivity index (χ4n) is 1.09. The van der Waals surface area contributed by atoms with Crippen molar-refractivity contribution in [1.29, 1.82) is 0 Å². The van der Waals surface area contributed by atoms with Crippen molar-refractivity contribution in [3.05, 3.63) is 22.7 Å². The number of aromatic nitrogens is 1. The Balaban J connectivity index is 2.53. The van der Waals surface area contributed by atoms with Gasteiger partial charge in [0.2, 0.25) is 0 Å². The number of nitrogens with zero attached hydrogens (tertiary/aromatic N) is 1. The van der Waals surface area contributed by atoms with Crippen LogP contribution in [0.25, 0.3) is 10.2 Å². The Morgan fingerprint density at radius 2 is 2.21 bits per heavy atom. The molecule has 0 amide bonds. The van der Waals surface area contributed by atoms with Gasteiger partial charge in [-0.2, -0.15) is 8.78 Å². The largest absolute Gasteiger partial charge is 0.433 e. The molecule has 74 valence electrons. The van der Waals surface area contributed by atoms with Gasteiger partial charge >= 0.3 is 6.61 Å². The van der Waals surface area contributed by atoms with Gasteiger partial charge in [-0.25, -0.2) is 4.98 Å². The summed E-state index contributed by atoms with van der Waals surface area (Å²) in [5.41, 5.74) is 0.568. The molecule has 0 fully saturated rings. The molecule has 0 saturated carbocycles. The molecule has 1 heterocycles. The van der Waals surface area contributed by atoms with Gasteiger partial charge in [-0.1, -0.05) is 29.0 Å². The van der Waals surface area contributed by atoms with E-state index in [4.69, 9.17) is 11.6 Å². The number of alkyl halides is 2. The highest BCUT2D eigenvalue weighted by atomic mass is 35.5. The molecule has 0 bridgehead atoms. The van der Waals surface area contributed by atoms with Crippen LogP contribution in [0.4, 0.5) is 8.78 Å². The van der Waals surface area contributed by atoms with E-state index in [0.29, 0.717) is 14.7 Å². The Kier molecular flexibility index (Phi) is 2.52. The van der Waals surface area contributed by atoms with E-state index >= 15 is 0 Å². The van der Waals surface area contributed by atoms with Crippen LogP contribution in [0.5, 0.6) is 5.75 Å². The van der Waals surface area contributed by atoms with Gasteiger partial charge in [-0.3, -0.25) is 0 Å². The number of hydrogen-bond acceptors (Lipinski definition) is 3. The quantitative estimate of drug-likeness (QED) is 0.794. The van der Waals surface area contributed by atoms with Crippen molar-refractivity contribution >= 4 is 33.2 Å². The lowest BCUT2D eigenvalue weighted by molar-refractivity contribution is -0.0486. The maximum absolute atomic E-state index is 12.0.